The summed E-state index contributed by atoms with van der Waals surface area (Å²) in [6.07, 6.45) is -5.27. The summed E-state index contributed by atoms with van der Waals surface area (Å²) in [5.74, 6) is -5.60. The van der Waals surface area contributed by atoms with Crippen LogP contribution in [0.4, 0.5) is 0 Å². The Bertz CT molecular complexity index is 1710. The van der Waals surface area contributed by atoms with Crippen molar-refractivity contribution >= 4 is 23.4 Å². The molecule has 0 radical (unpaired) electrons. The van der Waals surface area contributed by atoms with Crippen molar-refractivity contribution in [2.24, 2.45) is 33.7 Å². The van der Waals surface area contributed by atoms with Gasteiger partial charge in [-0.3, -0.25) is 14.4 Å². The maximum Gasteiger partial charge on any atom is 0.364 e. The summed E-state index contributed by atoms with van der Waals surface area (Å²) in [5, 5.41) is 98.0. The van der Waals surface area contributed by atoms with E-state index in [1.165, 1.54) is 13.0 Å². The van der Waals surface area contributed by atoms with Gasteiger partial charge in [0, 0.05) is 35.0 Å². The van der Waals surface area contributed by atoms with E-state index >= 15 is 0 Å². The van der Waals surface area contributed by atoms with Gasteiger partial charge in [0.1, 0.15) is 36.6 Å². The van der Waals surface area contributed by atoms with Crippen molar-refractivity contribution in [3.63, 3.8) is 0 Å². The Morgan fingerprint density at radius 3 is 2.42 bits per heavy atom. The molecule has 0 spiro atoms. The monoisotopic (exact) mass is 840 g/mol. The number of Topliss-reactive ketones (excluding diaryl/α,β-unsaturated/α-hetero) is 1. The highest BCUT2D eigenvalue weighted by atomic mass is 16.7. The summed E-state index contributed by atoms with van der Waals surface area (Å²) >= 11 is 0. The lowest BCUT2D eigenvalue weighted by Crippen LogP contribution is -2.63. The fourth-order valence-corrected chi connectivity index (χ4v) is 10.2. The Morgan fingerprint density at radius 1 is 1.08 bits per heavy atom. The average Bonchev–Trinajstić information content (AvgIpc) is 3.46. The number of hydrogen-bond acceptors (Lipinski definition) is 17. The molecule has 0 aromatic rings. The van der Waals surface area contributed by atoms with Gasteiger partial charge in [-0.25, -0.2) is 4.79 Å². The van der Waals surface area contributed by atoms with Gasteiger partial charge in [0.25, 0.3) is 5.79 Å². The molecule has 6 rings (SSSR count). The number of aliphatic hydroxyl groups excluding tert-OH is 7. The molecule has 16 unspecified atom stereocenters. The van der Waals surface area contributed by atoms with Crippen molar-refractivity contribution in [2.75, 3.05) is 33.0 Å². The summed E-state index contributed by atoms with van der Waals surface area (Å²) in [6.45, 7) is 2.75. The van der Waals surface area contributed by atoms with Gasteiger partial charge in [0.05, 0.1) is 50.7 Å². The number of azide groups is 1. The van der Waals surface area contributed by atoms with Crippen LogP contribution in [0.25, 0.3) is 10.4 Å². The minimum Gasteiger partial charge on any atom is -0.477 e. The van der Waals surface area contributed by atoms with E-state index in [0.717, 1.165) is 5.57 Å². The maximum absolute atomic E-state index is 13.9. The molecule has 330 valence electrons. The van der Waals surface area contributed by atoms with Crippen LogP contribution < -0.4 is 5.32 Å². The quantitative estimate of drug-likeness (QED) is 0.0584. The first kappa shape index (κ1) is 46.7. The number of carboxylic acid groups (broad SMARTS) is 1. The SMILES string of the molecule is CC(=O)NC1COC(OCC2OC(OCC(=O)C3(O)CCC4C5CCC6=CC(=O)C=CC6(C)C5C(O)CC43C)C(O)C(O)C2O)(C(=O)O)CC1O.[N-]=[N+]=NCC(O)CO. The standard InChI is InChI=1S/C35H49NO15.C3H7N3O2/c1-16(37)36-21-13-49-35(31(45)46,12-22(21)39)50-14-24-27(42)28(43)29(44)30(51-24)48-15-25(41)34(47)9-7-20-19-5-4-17-10-18(38)6-8-32(17,2)26(19)23(40)11-33(20,34)3;4-6-5-1-3(8)2-7/h6,8,10,19-24,26-30,39-40,42-44,47H,4-5,7,9,11-15H2,1-3H3,(H,36,37)(H,45,46);3,7-8H,1-2H2. The number of carboxylic acids is 1. The van der Waals surface area contributed by atoms with E-state index in [4.69, 9.17) is 34.7 Å². The van der Waals surface area contributed by atoms with Crippen molar-refractivity contribution in [1.82, 2.24) is 5.32 Å². The zero-order valence-electron chi connectivity index (χ0n) is 33.1. The fraction of sp³-hybridized carbons (Fsp3) is 0.789. The van der Waals surface area contributed by atoms with E-state index in [1.807, 2.05) is 13.0 Å². The Labute approximate surface area is 339 Å². The molecule has 4 aliphatic carbocycles. The molecule has 21 heteroatoms. The first-order chi connectivity index (χ1) is 27.7. The van der Waals surface area contributed by atoms with Gasteiger partial charge in [-0.1, -0.05) is 30.6 Å². The Balaban J connectivity index is 0.000000749. The molecule has 0 bridgehead atoms. The molecule has 0 aromatic heterocycles. The van der Waals surface area contributed by atoms with Gasteiger partial charge in [-0.15, -0.1) is 0 Å². The van der Waals surface area contributed by atoms with Gasteiger partial charge in [0.2, 0.25) is 5.91 Å². The number of fused-ring (bicyclic) bond motifs is 5. The number of allylic oxidation sites excluding steroid dienone is 4. The number of carbonyl (C=O) groups excluding carboxylic acids is 3. The predicted molar refractivity (Wildman–Crippen MR) is 198 cm³/mol. The predicted octanol–water partition coefficient (Wildman–Crippen LogP) is -1.88. The third-order valence-corrected chi connectivity index (χ3v) is 13.4. The molecule has 5 fully saturated rings. The number of nitrogens with zero attached hydrogens (tertiary/aromatic N) is 3. The largest absolute Gasteiger partial charge is 0.477 e. The van der Waals surface area contributed by atoms with Crippen molar-refractivity contribution in [3.8, 4) is 0 Å². The van der Waals surface area contributed by atoms with Crippen LogP contribution in [0.5, 0.6) is 0 Å². The van der Waals surface area contributed by atoms with E-state index < -0.39 is 121 Å². The van der Waals surface area contributed by atoms with E-state index in [9.17, 15) is 54.9 Å². The second-order valence-electron chi connectivity index (χ2n) is 16.9. The molecule has 16 atom stereocenters. The molecule has 3 saturated carbocycles. The van der Waals surface area contributed by atoms with Gasteiger partial charge in [0.15, 0.2) is 17.9 Å². The Morgan fingerprint density at radius 2 is 1.80 bits per heavy atom. The van der Waals surface area contributed by atoms with Crippen LogP contribution in [0.1, 0.15) is 59.3 Å². The first-order valence-corrected chi connectivity index (χ1v) is 19.6. The van der Waals surface area contributed by atoms with E-state index in [-0.39, 0.29) is 49.5 Å². The molecule has 2 saturated heterocycles. The number of ketones is 2. The molecule has 1 amide bonds. The first-order valence-electron chi connectivity index (χ1n) is 19.6. The van der Waals surface area contributed by atoms with E-state index in [0.29, 0.717) is 19.3 Å². The minimum absolute atomic E-state index is 0.0259. The van der Waals surface area contributed by atoms with Crippen LogP contribution in [0.2, 0.25) is 0 Å². The normalized spacial score (nSPS) is 43.0. The van der Waals surface area contributed by atoms with E-state index in [2.05, 4.69) is 15.3 Å². The summed E-state index contributed by atoms with van der Waals surface area (Å²) < 4.78 is 22.2. The van der Waals surface area contributed by atoms with Gasteiger partial charge in [-0.05, 0) is 61.6 Å². The number of rotatable bonds is 12. The molecule has 10 N–H and O–H groups in total. The number of carbonyl (C=O) groups is 4. The minimum atomic E-state index is -2.40. The number of hydrogen-bond donors (Lipinski definition) is 10. The van der Waals surface area contributed by atoms with Crippen molar-refractivity contribution in [1.29, 1.82) is 0 Å². The smallest absolute Gasteiger partial charge is 0.364 e. The lowest BCUT2D eigenvalue weighted by molar-refractivity contribution is -0.323. The molecular weight excluding hydrogens is 784 g/mol. The fourth-order valence-electron chi connectivity index (χ4n) is 10.2. The summed E-state index contributed by atoms with van der Waals surface area (Å²) in [4.78, 5) is 51.9. The molecule has 21 nitrogen and oxygen atoms in total. The molecule has 2 heterocycles. The van der Waals surface area contributed by atoms with Crippen LogP contribution in [-0.4, -0.2) is 169 Å². The van der Waals surface area contributed by atoms with Gasteiger partial charge in [-0.2, -0.15) is 0 Å². The van der Waals surface area contributed by atoms with Crippen LogP contribution >= 0.6 is 0 Å². The second-order valence-corrected chi connectivity index (χ2v) is 16.9. The van der Waals surface area contributed by atoms with E-state index in [1.54, 1.807) is 13.0 Å². The summed E-state index contributed by atoms with van der Waals surface area (Å²) in [5.41, 5.74) is 5.22. The topological polar surface area (TPSA) is 348 Å². The highest BCUT2D eigenvalue weighted by molar-refractivity contribution is 6.01. The maximum atomic E-state index is 13.9. The van der Waals surface area contributed by atoms with Crippen molar-refractivity contribution in [2.45, 2.75) is 126 Å². The summed E-state index contributed by atoms with van der Waals surface area (Å²) in [6, 6.07) is -0.898. The Hall–Kier alpha value is -3.41. The molecule has 59 heavy (non-hydrogen) atoms. The zero-order chi connectivity index (χ0) is 43.7. The Kier molecular flexibility index (Phi) is 14.5. The van der Waals surface area contributed by atoms with Crippen LogP contribution in [0.15, 0.2) is 28.9 Å². The lowest BCUT2D eigenvalue weighted by Gasteiger charge is -2.59. The van der Waals surface area contributed by atoms with Crippen molar-refractivity contribution < 1.29 is 84.1 Å². The number of nitrogens with one attached hydrogen (secondary N) is 1. The number of aliphatic hydroxyl groups is 8. The van der Waals surface area contributed by atoms with Crippen molar-refractivity contribution in [3.05, 3.63) is 34.2 Å². The molecular formula is C38H56N4O17. The zero-order valence-corrected chi connectivity index (χ0v) is 33.1. The van der Waals surface area contributed by atoms with Crippen LogP contribution in [0.3, 0.4) is 0 Å². The summed E-state index contributed by atoms with van der Waals surface area (Å²) in [7, 11) is 0. The third-order valence-electron chi connectivity index (χ3n) is 13.4. The van der Waals surface area contributed by atoms with Gasteiger partial charge < -0.3 is 70.2 Å². The molecule has 0 aromatic carbocycles. The van der Waals surface area contributed by atoms with Crippen LogP contribution in [-0.2, 0) is 38.1 Å². The molecule has 2 aliphatic heterocycles. The third kappa shape index (κ3) is 8.99. The van der Waals surface area contributed by atoms with Crippen LogP contribution in [0, 0.1) is 28.6 Å². The number of aliphatic carboxylic acids is 1. The molecule has 6 aliphatic rings. The van der Waals surface area contributed by atoms with Gasteiger partial charge >= 0.3 is 5.97 Å². The average molecular weight is 841 g/mol. The highest BCUT2D eigenvalue weighted by Gasteiger charge is 2.68. The number of ether oxygens (including phenoxy) is 4. The highest BCUT2D eigenvalue weighted by Crippen LogP contribution is 2.67. The number of amides is 1. The lowest BCUT2D eigenvalue weighted by atomic mass is 9.46. The second kappa shape index (κ2) is 18.3.